The first-order chi connectivity index (χ1) is 7.26. The highest BCUT2D eigenvalue weighted by Gasteiger charge is 2.05. The van der Waals surface area contributed by atoms with Crippen LogP contribution in [-0.2, 0) is 0 Å². The summed E-state index contributed by atoms with van der Waals surface area (Å²) in [5, 5.41) is 17.2. The van der Waals surface area contributed by atoms with E-state index < -0.39 is 0 Å². The molecule has 0 aromatic carbocycles. The third kappa shape index (κ3) is 3.87. The van der Waals surface area contributed by atoms with E-state index in [1.165, 1.54) is 19.3 Å². The van der Waals surface area contributed by atoms with E-state index in [9.17, 15) is 0 Å². The summed E-state index contributed by atoms with van der Waals surface area (Å²) in [4.78, 5) is 2.25. The number of piperidine rings is 1. The Bertz CT molecular complexity index is 330. The van der Waals surface area contributed by atoms with Gasteiger partial charge in [0.2, 0.25) is 0 Å². The molecule has 0 bridgehead atoms. The van der Waals surface area contributed by atoms with Crippen molar-refractivity contribution in [2.24, 2.45) is 0 Å². The van der Waals surface area contributed by atoms with Gasteiger partial charge in [-0.25, -0.2) is 0 Å². The van der Waals surface area contributed by atoms with Gasteiger partial charge in [-0.15, -0.1) is 0 Å². The molecule has 0 radical (unpaired) electrons. The molecule has 78 valence electrons. The number of likely N-dealkylation sites (tertiary alicyclic amines) is 1. The van der Waals surface area contributed by atoms with Crippen LogP contribution in [0.5, 0.6) is 0 Å². The Hall–Kier alpha value is -1.74. The third-order valence-corrected chi connectivity index (χ3v) is 2.39. The van der Waals surface area contributed by atoms with Crippen molar-refractivity contribution in [2.75, 3.05) is 13.1 Å². The zero-order chi connectivity index (χ0) is 11.1. The van der Waals surface area contributed by atoms with Gasteiger partial charge in [0.15, 0.2) is 0 Å². The molecule has 15 heavy (non-hydrogen) atoms. The standard InChI is InChI=1S/C12H15N3/c1-11(7-12(8-13)9-14)10-15-5-3-2-4-6-15/h7,10H,2-6H2,1H3. The van der Waals surface area contributed by atoms with E-state index in [1.54, 1.807) is 6.08 Å². The van der Waals surface area contributed by atoms with Gasteiger partial charge >= 0.3 is 0 Å². The fraction of sp³-hybridized carbons (Fsp3) is 0.500. The Morgan fingerprint density at radius 2 is 1.73 bits per heavy atom. The number of allylic oxidation sites excluding steroid dienone is 3. The molecular formula is C12H15N3. The van der Waals surface area contributed by atoms with Gasteiger partial charge in [0.05, 0.1) is 0 Å². The first kappa shape index (κ1) is 11.3. The average molecular weight is 201 g/mol. The van der Waals surface area contributed by atoms with E-state index in [1.807, 2.05) is 25.3 Å². The fourth-order valence-electron chi connectivity index (χ4n) is 1.69. The Morgan fingerprint density at radius 3 is 2.27 bits per heavy atom. The van der Waals surface area contributed by atoms with Crippen molar-refractivity contribution in [1.29, 1.82) is 10.5 Å². The van der Waals surface area contributed by atoms with E-state index in [0.29, 0.717) is 0 Å². The van der Waals surface area contributed by atoms with Crippen LogP contribution in [0.2, 0.25) is 0 Å². The van der Waals surface area contributed by atoms with E-state index in [2.05, 4.69) is 4.90 Å². The van der Waals surface area contributed by atoms with Gasteiger partial charge in [0.25, 0.3) is 0 Å². The van der Waals surface area contributed by atoms with Gasteiger partial charge in [-0.2, -0.15) is 10.5 Å². The van der Waals surface area contributed by atoms with Crippen molar-refractivity contribution >= 4 is 0 Å². The zero-order valence-corrected chi connectivity index (χ0v) is 9.03. The summed E-state index contributed by atoms with van der Waals surface area (Å²) in [5.74, 6) is 0. The van der Waals surface area contributed by atoms with Crippen molar-refractivity contribution in [1.82, 2.24) is 4.90 Å². The molecule has 0 amide bonds. The largest absolute Gasteiger partial charge is 0.377 e. The molecule has 0 saturated carbocycles. The molecule has 1 heterocycles. The predicted octanol–water partition coefficient (Wildman–Crippen LogP) is 2.35. The first-order valence-corrected chi connectivity index (χ1v) is 5.20. The number of rotatable bonds is 2. The molecule has 0 atom stereocenters. The van der Waals surface area contributed by atoms with E-state index in [0.717, 1.165) is 18.7 Å². The van der Waals surface area contributed by atoms with Gasteiger partial charge < -0.3 is 4.90 Å². The maximum atomic E-state index is 8.60. The molecule has 1 aliphatic heterocycles. The maximum absolute atomic E-state index is 8.60. The van der Waals surface area contributed by atoms with Crippen molar-refractivity contribution in [3.05, 3.63) is 23.4 Å². The monoisotopic (exact) mass is 201 g/mol. The van der Waals surface area contributed by atoms with Crippen LogP contribution >= 0.6 is 0 Å². The lowest BCUT2D eigenvalue weighted by Crippen LogP contribution is -2.24. The second kappa shape index (κ2) is 5.88. The molecule has 0 aromatic rings. The Morgan fingerprint density at radius 1 is 1.13 bits per heavy atom. The van der Waals surface area contributed by atoms with Crippen LogP contribution in [0.25, 0.3) is 0 Å². The molecule has 1 saturated heterocycles. The fourth-order valence-corrected chi connectivity index (χ4v) is 1.69. The molecule has 3 nitrogen and oxygen atoms in total. The number of nitriles is 2. The van der Waals surface area contributed by atoms with Gasteiger partial charge in [-0.1, -0.05) is 0 Å². The number of nitrogens with zero attached hydrogens (tertiary/aromatic N) is 3. The molecule has 3 heteroatoms. The van der Waals surface area contributed by atoms with Crippen LogP contribution in [0.3, 0.4) is 0 Å². The Balaban J connectivity index is 2.63. The maximum Gasteiger partial charge on any atom is 0.129 e. The Kier molecular flexibility index (Phi) is 4.44. The van der Waals surface area contributed by atoms with Crippen LogP contribution in [0, 0.1) is 22.7 Å². The molecular weight excluding hydrogens is 186 g/mol. The lowest BCUT2D eigenvalue weighted by Gasteiger charge is -2.25. The SMILES string of the molecule is CC(C=C(C#N)C#N)=CN1CCCCC1. The molecule has 0 aliphatic carbocycles. The molecule has 1 fully saturated rings. The number of hydrogen-bond donors (Lipinski definition) is 0. The van der Waals surface area contributed by atoms with Gasteiger partial charge in [-0.05, 0) is 37.8 Å². The van der Waals surface area contributed by atoms with Gasteiger partial charge in [0, 0.05) is 19.3 Å². The van der Waals surface area contributed by atoms with Crippen LogP contribution in [0.15, 0.2) is 23.4 Å². The molecule has 0 N–H and O–H groups in total. The predicted molar refractivity (Wildman–Crippen MR) is 58.5 cm³/mol. The first-order valence-electron chi connectivity index (χ1n) is 5.20. The quantitative estimate of drug-likeness (QED) is 0.509. The van der Waals surface area contributed by atoms with Crippen molar-refractivity contribution < 1.29 is 0 Å². The van der Waals surface area contributed by atoms with Gasteiger partial charge in [0.1, 0.15) is 17.7 Å². The Labute approximate surface area is 90.9 Å². The van der Waals surface area contributed by atoms with E-state index in [4.69, 9.17) is 10.5 Å². The minimum Gasteiger partial charge on any atom is -0.377 e. The summed E-state index contributed by atoms with van der Waals surface area (Å²) in [7, 11) is 0. The van der Waals surface area contributed by atoms with E-state index >= 15 is 0 Å². The van der Waals surface area contributed by atoms with Crippen molar-refractivity contribution in [3.63, 3.8) is 0 Å². The highest BCUT2D eigenvalue weighted by molar-refractivity contribution is 5.40. The second-order valence-corrected chi connectivity index (χ2v) is 3.75. The molecule has 0 unspecified atom stereocenters. The van der Waals surface area contributed by atoms with Crippen LogP contribution in [-0.4, -0.2) is 18.0 Å². The average Bonchev–Trinajstić information content (AvgIpc) is 2.27. The van der Waals surface area contributed by atoms with Crippen molar-refractivity contribution in [2.45, 2.75) is 26.2 Å². The third-order valence-electron chi connectivity index (χ3n) is 2.39. The summed E-state index contributed by atoms with van der Waals surface area (Å²) in [6.07, 6.45) is 7.44. The van der Waals surface area contributed by atoms with E-state index in [-0.39, 0.29) is 5.57 Å². The molecule has 1 rings (SSSR count). The highest BCUT2D eigenvalue weighted by atomic mass is 15.1. The van der Waals surface area contributed by atoms with Crippen molar-refractivity contribution in [3.8, 4) is 12.1 Å². The summed E-state index contributed by atoms with van der Waals surface area (Å²) in [6.45, 7) is 4.09. The van der Waals surface area contributed by atoms with Crippen LogP contribution in [0.4, 0.5) is 0 Å². The second-order valence-electron chi connectivity index (χ2n) is 3.75. The van der Waals surface area contributed by atoms with Crippen LogP contribution in [0.1, 0.15) is 26.2 Å². The normalized spacial score (nSPS) is 16.5. The summed E-state index contributed by atoms with van der Waals surface area (Å²) >= 11 is 0. The summed E-state index contributed by atoms with van der Waals surface area (Å²) < 4.78 is 0. The van der Waals surface area contributed by atoms with Crippen LogP contribution < -0.4 is 0 Å². The smallest absolute Gasteiger partial charge is 0.129 e. The zero-order valence-electron chi connectivity index (χ0n) is 9.03. The minimum atomic E-state index is 0.167. The minimum absolute atomic E-state index is 0.167. The molecule has 1 aliphatic rings. The highest BCUT2D eigenvalue weighted by Crippen LogP contribution is 2.11. The number of hydrogen-bond acceptors (Lipinski definition) is 3. The van der Waals surface area contributed by atoms with Gasteiger partial charge in [-0.3, -0.25) is 0 Å². The summed E-state index contributed by atoms with van der Waals surface area (Å²) in [5.41, 5.74) is 1.13. The topological polar surface area (TPSA) is 50.8 Å². The lowest BCUT2D eigenvalue weighted by molar-refractivity contribution is 0.308. The molecule has 0 spiro atoms. The lowest BCUT2D eigenvalue weighted by atomic mass is 10.1. The molecule has 0 aromatic heterocycles. The summed E-state index contributed by atoms with van der Waals surface area (Å²) in [6, 6.07) is 3.72.